The van der Waals surface area contributed by atoms with E-state index in [-0.39, 0.29) is 29.9 Å². The second-order valence-electron chi connectivity index (χ2n) is 9.89. The van der Waals surface area contributed by atoms with E-state index in [0.717, 1.165) is 18.4 Å². The third-order valence-corrected chi connectivity index (χ3v) is 6.31. The van der Waals surface area contributed by atoms with Crippen LogP contribution in [0, 0.1) is 0 Å². The summed E-state index contributed by atoms with van der Waals surface area (Å²) in [4.78, 5) is 0. The van der Waals surface area contributed by atoms with Gasteiger partial charge in [0, 0.05) is 31.9 Å². The number of methoxy groups -OCH3 is 2. The molecule has 0 radical (unpaired) electrons. The van der Waals surface area contributed by atoms with Crippen LogP contribution in [0.25, 0.3) is 0 Å². The van der Waals surface area contributed by atoms with Crippen molar-refractivity contribution >= 4 is 7.85 Å². The molecule has 7 atom stereocenters. The maximum absolute atomic E-state index is 6.33. The molecule has 1 aromatic rings. The van der Waals surface area contributed by atoms with E-state index in [0.29, 0.717) is 19.8 Å². The summed E-state index contributed by atoms with van der Waals surface area (Å²) >= 11 is 0. The molecule has 0 aromatic heterocycles. The number of rotatable bonds is 12. The molecule has 2 aliphatic rings. The SMILES string of the molecule is BC(C)(CCN)OCCC(C)(C)OCC1OC(c2ccccc2)OC2C1OC(OC)C2OC. The standard InChI is InChI=1S/C24H40BNO7/c1-23(2,12-14-29-24(3,25)11-13-26)30-15-17-18-19(20(27-4)22(28-5)32-18)33-21(31-17)16-9-7-6-8-10-16/h6-10,17-22H,11-15,25-26H2,1-5H3. The molecule has 186 valence electrons. The van der Waals surface area contributed by atoms with Crippen LogP contribution < -0.4 is 5.73 Å². The lowest BCUT2D eigenvalue weighted by molar-refractivity contribution is -0.298. The zero-order chi connectivity index (χ0) is 24.1. The molecule has 2 heterocycles. The van der Waals surface area contributed by atoms with Crippen LogP contribution in [0.4, 0.5) is 0 Å². The Hall–Kier alpha value is -1.04. The predicted molar refractivity (Wildman–Crippen MR) is 127 cm³/mol. The fourth-order valence-corrected chi connectivity index (χ4v) is 4.23. The van der Waals surface area contributed by atoms with Gasteiger partial charge in [0.05, 0.1) is 12.2 Å². The van der Waals surface area contributed by atoms with E-state index in [2.05, 4.69) is 28.6 Å². The number of benzene rings is 1. The van der Waals surface area contributed by atoms with Crippen molar-refractivity contribution in [2.75, 3.05) is 34.0 Å². The first-order valence-corrected chi connectivity index (χ1v) is 11.7. The first-order valence-electron chi connectivity index (χ1n) is 11.7. The summed E-state index contributed by atoms with van der Waals surface area (Å²) in [5, 5.41) is 0. The summed E-state index contributed by atoms with van der Waals surface area (Å²) < 4.78 is 42.3. The van der Waals surface area contributed by atoms with Gasteiger partial charge >= 0.3 is 0 Å². The fourth-order valence-electron chi connectivity index (χ4n) is 4.23. The van der Waals surface area contributed by atoms with Gasteiger partial charge in [-0.15, -0.1) is 0 Å². The zero-order valence-corrected chi connectivity index (χ0v) is 20.8. The quantitative estimate of drug-likeness (QED) is 0.467. The van der Waals surface area contributed by atoms with Gasteiger partial charge in [-0.3, -0.25) is 0 Å². The topological polar surface area (TPSA) is 90.6 Å². The second-order valence-corrected chi connectivity index (χ2v) is 9.89. The van der Waals surface area contributed by atoms with Gasteiger partial charge in [0.2, 0.25) is 0 Å². The molecule has 8 nitrogen and oxygen atoms in total. The van der Waals surface area contributed by atoms with Crippen LogP contribution in [0.15, 0.2) is 30.3 Å². The van der Waals surface area contributed by atoms with Gasteiger partial charge in [0.25, 0.3) is 0 Å². The highest BCUT2D eigenvalue weighted by Crippen LogP contribution is 2.39. The van der Waals surface area contributed by atoms with Crippen molar-refractivity contribution in [1.29, 1.82) is 0 Å². The van der Waals surface area contributed by atoms with E-state index in [9.17, 15) is 0 Å². The third kappa shape index (κ3) is 6.99. The molecule has 9 heteroatoms. The minimum absolute atomic E-state index is 0.243. The fraction of sp³-hybridized carbons (Fsp3) is 0.750. The lowest BCUT2D eigenvalue weighted by atomic mass is 9.80. The van der Waals surface area contributed by atoms with E-state index in [1.807, 2.05) is 30.3 Å². The molecule has 7 unspecified atom stereocenters. The Labute approximate surface area is 198 Å². The molecule has 3 rings (SSSR count). The molecule has 0 amide bonds. The highest BCUT2D eigenvalue weighted by molar-refractivity contribution is 6.14. The average molecular weight is 465 g/mol. The van der Waals surface area contributed by atoms with Gasteiger partial charge in [-0.1, -0.05) is 30.3 Å². The van der Waals surface area contributed by atoms with Crippen molar-refractivity contribution in [2.45, 2.75) is 81.7 Å². The second kappa shape index (κ2) is 11.6. The molecular weight excluding hydrogens is 425 g/mol. The van der Waals surface area contributed by atoms with Gasteiger partial charge in [-0.2, -0.15) is 0 Å². The van der Waals surface area contributed by atoms with E-state index >= 15 is 0 Å². The maximum atomic E-state index is 6.33. The van der Waals surface area contributed by atoms with E-state index in [1.54, 1.807) is 14.2 Å². The molecule has 1 aromatic carbocycles. The summed E-state index contributed by atoms with van der Waals surface area (Å²) in [6, 6.07) is 9.86. The molecular formula is C24H40BNO7. The maximum Gasteiger partial charge on any atom is 0.186 e. The van der Waals surface area contributed by atoms with Gasteiger partial charge < -0.3 is 38.9 Å². The van der Waals surface area contributed by atoms with Crippen molar-refractivity contribution in [1.82, 2.24) is 0 Å². The van der Waals surface area contributed by atoms with Gasteiger partial charge in [-0.25, -0.2) is 0 Å². The van der Waals surface area contributed by atoms with Crippen LogP contribution in [0.5, 0.6) is 0 Å². The number of ether oxygens (including phenoxy) is 7. The lowest BCUT2D eigenvalue weighted by Crippen LogP contribution is -2.51. The van der Waals surface area contributed by atoms with Gasteiger partial charge in [0.15, 0.2) is 12.6 Å². The number of fused-ring (bicyclic) bond motifs is 1. The molecule has 0 saturated carbocycles. The Morgan fingerprint density at radius 2 is 1.67 bits per heavy atom. The molecule has 0 aliphatic carbocycles. The van der Waals surface area contributed by atoms with Gasteiger partial charge in [0.1, 0.15) is 32.3 Å². The van der Waals surface area contributed by atoms with Crippen LogP contribution in [-0.4, -0.2) is 83.6 Å². The molecule has 2 fully saturated rings. The highest BCUT2D eigenvalue weighted by atomic mass is 16.8. The monoisotopic (exact) mass is 465 g/mol. The Balaban J connectivity index is 1.65. The first kappa shape index (κ1) is 26.6. The lowest BCUT2D eigenvalue weighted by Gasteiger charge is -2.40. The molecule has 2 aliphatic heterocycles. The summed E-state index contributed by atoms with van der Waals surface area (Å²) in [5.41, 5.74) is 5.97. The van der Waals surface area contributed by atoms with E-state index < -0.39 is 18.2 Å². The van der Waals surface area contributed by atoms with Crippen LogP contribution in [0.3, 0.4) is 0 Å². The molecule has 2 N–H and O–H groups in total. The molecule has 33 heavy (non-hydrogen) atoms. The normalized spacial score (nSPS) is 31.8. The first-order chi connectivity index (χ1) is 15.7. The van der Waals surface area contributed by atoms with Gasteiger partial charge in [-0.05, 0) is 40.2 Å². The Kier molecular flexibility index (Phi) is 9.34. The van der Waals surface area contributed by atoms with E-state index in [4.69, 9.17) is 38.9 Å². The highest BCUT2D eigenvalue weighted by Gasteiger charge is 2.54. The third-order valence-electron chi connectivity index (χ3n) is 6.31. The van der Waals surface area contributed by atoms with Crippen molar-refractivity contribution in [3.8, 4) is 0 Å². The number of hydrogen-bond donors (Lipinski definition) is 1. The summed E-state index contributed by atoms with van der Waals surface area (Å²) in [7, 11) is 5.30. The van der Waals surface area contributed by atoms with Crippen LogP contribution >= 0.6 is 0 Å². The molecule has 0 spiro atoms. The Morgan fingerprint density at radius 1 is 0.939 bits per heavy atom. The van der Waals surface area contributed by atoms with Crippen molar-refractivity contribution < 1.29 is 33.2 Å². The average Bonchev–Trinajstić information content (AvgIpc) is 3.15. The zero-order valence-electron chi connectivity index (χ0n) is 20.8. The summed E-state index contributed by atoms with van der Waals surface area (Å²) in [6.45, 7) is 7.71. The number of hydrogen-bond acceptors (Lipinski definition) is 8. The predicted octanol–water partition coefficient (Wildman–Crippen LogP) is 1.76. The number of nitrogens with two attached hydrogens (primary N) is 1. The Morgan fingerprint density at radius 3 is 2.30 bits per heavy atom. The minimum atomic E-state index is -0.540. The van der Waals surface area contributed by atoms with E-state index in [1.165, 1.54) is 0 Å². The van der Waals surface area contributed by atoms with Crippen molar-refractivity contribution in [2.24, 2.45) is 5.73 Å². The smallest absolute Gasteiger partial charge is 0.186 e. The summed E-state index contributed by atoms with van der Waals surface area (Å²) in [6.07, 6.45) is -0.927. The van der Waals surface area contributed by atoms with Crippen LogP contribution in [-0.2, 0) is 33.2 Å². The van der Waals surface area contributed by atoms with Crippen LogP contribution in [0.1, 0.15) is 45.5 Å². The van der Waals surface area contributed by atoms with Crippen LogP contribution in [0.2, 0.25) is 0 Å². The Bertz CT molecular complexity index is 720. The van der Waals surface area contributed by atoms with Crippen molar-refractivity contribution in [3.05, 3.63) is 35.9 Å². The largest absolute Gasteiger partial charge is 0.384 e. The molecule has 2 saturated heterocycles. The summed E-state index contributed by atoms with van der Waals surface area (Å²) in [5.74, 6) is 0. The molecule has 0 bridgehead atoms. The minimum Gasteiger partial charge on any atom is -0.384 e. The van der Waals surface area contributed by atoms with Crippen molar-refractivity contribution in [3.63, 3.8) is 0 Å².